The van der Waals surface area contributed by atoms with Crippen molar-refractivity contribution in [2.45, 2.75) is 6.54 Å². The molecule has 0 saturated carbocycles. The van der Waals surface area contributed by atoms with E-state index in [9.17, 15) is 0 Å². The summed E-state index contributed by atoms with van der Waals surface area (Å²) in [5, 5.41) is 2.31. The van der Waals surface area contributed by atoms with Crippen LogP contribution in [0.3, 0.4) is 0 Å². The zero-order chi connectivity index (χ0) is 13.4. The van der Waals surface area contributed by atoms with Crippen LogP contribution in [0.1, 0.15) is 5.56 Å². The van der Waals surface area contributed by atoms with E-state index in [1.54, 1.807) is 0 Å². The van der Waals surface area contributed by atoms with Crippen molar-refractivity contribution >= 4 is 27.5 Å². The lowest BCUT2D eigenvalue weighted by Gasteiger charge is -2.18. The van der Waals surface area contributed by atoms with Crippen LogP contribution < -0.4 is 10.6 Å². The number of pyridine rings is 1. The molecular formula is C16H17N3. The smallest absolute Gasteiger partial charge is 0.0775 e. The Morgan fingerprint density at radius 1 is 1.05 bits per heavy atom. The van der Waals surface area contributed by atoms with Gasteiger partial charge in [0.25, 0.3) is 0 Å². The molecule has 0 atom stereocenters. The van der Waals surface area contributed by atoms with Crippen LogP contribution in [0.5, 0.6) is 0 Å². The molecule has 3 aromatic rings. The van der Waals surface area contributed by atoms with Gasteiger partial charge in [0.05, 0.1) is 11.0 Å². The van der Waals surface area contributed by atoms with Gasteiger partial charge in [-0.2, -0.15) is 0 Å². The minimum atomic E-state index is 0.496. The molecule has 2 N–H and O–H groups in total. The summed E-state index contributed by atoms with van der Waals surface area (Å²) in [6, 6.07) is 14.6. The summed E-state index contributed by atoms with van der Waals surface area (Å²) >= 11 is 0. The van der Waals surface area contributed by atoms with Crippen LogP contribution >= 0.6 is 0 Å². The van der Waals surface area contributed by atoms with Crippen LogP contribution in [0, 0.1) is 0 Å². The molecule has 0 amide bonds. The van der Waals surface area contributed by atoms with Crippen LogP contribution in [0.15, 0.2) is 42.5 Å². The number of anilines is 1. The van der Waals surface area contributed by atoms with E-state index in [0.717, 1.165) is 33.1 Å². The SMILES string of the molecule is CN(C)c1ccc2cc3ccccc3nc2c1CN. The summed E-state index contributed by atoms with van der Waals surface area (Å²) in [7, 11) is 4.06. The Kier molecular flexibility index (Phi) is 2.84. The summed E-state index contributed by atoms with van der Waals surface area (Å²) in [5.74, 6) is 0. The quantitative estimate of drug-likeness (QED) is 0.712. The lowest BCUT2D eigenvalue weighted by molar-refractivity contribution is 1.03. The molecule has 0 fully saturated rings. The summed E-state index contributed by atoms with van der Waals surface area (Å²) in [6.07, 6.45) is 0. The largest absolute Gasteiger partial charge is 0.377 e. The van der Waals surface area contributed by atoms with Gasteiger partial charge in [0, 0.05) is 42.7 Å². The van der Waals surface area contributed by atoms with E-state index >= 15 is 0 Å². The first-order chi connectivity index (χ1) is 9.20. The molecule has 3 heteroatoms. The average molecular weight is 251 g/mol. The second-order valence-corrected chi connectivity index (χ2v) is 4.91. The van der Waals surface area contributed by atoms with E-state index in [4.69, 9.17) is 10.7 Å². The van der Waals surface area contributed by atoms with Crippen molar-refractivity contribution in [2.24, 2.45) is 5.73 Å². The minimum Gasteiger partial charge on any atom is -0.377 e. The summed E-state index contributed by atoms with van der Waals surface area (Å²) in [5.41, 5.74) is 10.2. The lowest BCUT2D eigenvalue weighted by atomic mass is 10.0. The molecular weight excluding hydrogens is 234 g/mol. The first-order valence-electron chi connectivity index (χ1n) is 6.39. The molecule has 0 spiro atoms. The number of hydrogen-bond donors (Lipinski definition) is 1. The van der Waals surface area contributed by atoms with Crippen molar-refractivity contribution in [3.63, 3.8) is 0 Å². The third-order valence-corrected chi connectivity index (χ3v) is 3.46. The highest BCUT2D eigenvalue weighted by atomic mass is 15.1. The fourth-order valence-corrected chi connectivity index (χ4v) is 2.51. The highest BCUT2D eigenvalue weighted by Gasteiger charge is 2.10. The van der Waals surface area contributed by atoms with Crippen molar-refractivity contribution in [1.29, 1.82) is 0 Å². The second-order valence-electron chi connectivity index (χ2n) is 4.91. The van der Waals surface area contributed by atoms with Gasteiger partial charge in [-0.3, -0.25) is 0 Å². The number of rotatable bonds is 2. The zero-order valence-electron chi connectivity index (χ0n) is 11.2. The fourth-order valence-electron chi connectivity index (χ4n) is 2.51. The maximum atomic E-state index is 5.93. The van der Waals surface area contributed by atoms with E-state index in [0.29, 0.717) is 6.54 Å². The number of hydrogen-bond acceptors (Lipinski definition) is 3. The summed E-state index contributed by atoms with van der Waals surface area (Å²) in [4.78, 5) is 6.87. The van der Waals surface area contributed by atoms with Gasteiger partial charge in [-0.05, 0) is 18.2 Å². The predicted molar refractivity (Wildman–Crippen MR) is 81.5 cm³/mol. The average Bonchev–Trinajstić information content (AvgIpc) is 2.43. The Morgan fingerprint density at radius 3 is 2.58 bits per heavy atom. The Hall–Kier alpha value is -2.13. The molecule has 2 aromatic carbocycles. The molecule has 96 valence electrons. The summed E-state index contributed by atoms with van der Waals surface area (Å²) < 4.78 is 0. The molecule has 3 rings (SSSR count). The lowest BCUT2D eigenvalue weighted by Crippen LogP contribution is -2.13. The minimum absolute atomic E-state index is 0.496. The van der Waals surface area contributed by atoms with Crippen molar-refractivity contribution < 1.29 is 0 Å². The number of aromatic nitrogens is 1. The highest BCUT2D eigenvalue weighted by Crippen LogP contribution is 2.28. The van der Waals surface area contributed by atoms with Gasteiger partial charge in [-0.15, -0.1) is 0 Å². The van der Waals surface area contributed by atoms with Gasteiger partial charge >= 0.3 is 0 Å². The first kappa shape index (κ1) is 11.9. The van der Waals surface area contributed by atoms with Crippen LogP contribution in [0.25, 0.3) is 21.8 Å². The first-order valence-corrected chi connectivity index (χ1v) is 6.39. The van der Waals surface area contributed by atoms with Crippen molar-refractivity contribution in [3.8, 4) is 0 Å². The van der Waals surface area contributed by atoms with Gasteiger partial charge < -0.3 is 10.6 Å². The molecule has 19 heavy (non-hydrogen) atoms. The van der Waals surface area contributed by atoms with E-state index in [1.807, 2.05) is 32.3 Å². The maximum Gasteiger partial charge on any atom is 0.0775 e. The van der Waals surface area contributed by atoms with E-state index in [2.05, 4.69) is 29.2 Å². The summed E-state index contributed by atoms with van der Waals surface area (Å²) in [6.45, 7) is 0.496. The van der Waals surface area contributed by atoms with E-state index in [-0.39, 0.29) is 0 Å². The van der Waals surface area contributed by atoms with Gasteiger partial charge in [-0.1, -0.05) is 24.3 Å². The molecule has 1 aromatic heterocycles. The number of nitrogens with two attached hydrogens (primary N) is 1. The monoisotopic (exact) mass is 251 g/mol. The maximum absolute atomic E-state index is 5.93. The molecule has 0 bridgehead atoms. The Morgan fingerprint density at radius 2 is 1.84 bits per heavy atom. The number of fused-ring (bicyclic) bond motifs is 2. The van der Waals surface area contributed by atoms with Crippen molar-refractivity contribution in [2.75, 3.05) is 19.0 Å². The van der Waals surface area contributed by atoms with Crippen LogP contribution in [-0.4, -0.2) is 19.1 Å². The van der Waals surface area contributed by atoms with Gasteiger partial charge in [0.2, 0.25) is 0 Å². The Bertz CT molecular complexity index is 747. The fraction of sp³-hybridized carbons (Fsp3) is 0.188. The third kappa shape index (κ3) is 1.92. The third-order valence-electron chi connectivity index (χ3n) is 3.46. The van der Waals surface area contributed by atoms with Gasteiger partial charge in [0.15, 0.2) is 0 Å². The zero-order valence-corrected chi connectivity index (χ0v) is 11.2. The Labute approximate surface area is 112 Å². The van der Waals surface area contributed by atoms with Crippen molar-refractivity contribution in [1.82, 2.24) is 4.98 Å². The van der Waals surface area contributed by atoms with Crippen molar-refractivity contribution in [3.05, 3.63) is 48.0 Å². The molecule has 0 aliphatic rings. The molecule has 0 aliphatic carbocycles. The second kappa shape index (κ2) is 4.52. The molecule has 3 nitrogen and oxygen atoms in total. The van der Waals surface area contributed by atoms with Gasteiger partial charge in [0.1, 0.15) is 0 Å². The topological polar surface area (TPSA) is 42.2 Å². The number of nitrogens with zero attached hydrogens (tertiary/aromatic N) is 2. The normalized spacial score (nSPS) is 11.1. The number of para-hydroxylation sites is 1. The predicted octanol–water partition coefficient (Wildman–Crippen LogP) is 2.91. The van der Waals surface area contributed by atoms with Crippen LogP contribution in [-0.2, 0) is 6.54 Å². The molecule has 0 radical (unpaired) electrons. The Balaban J connectivity index is 2.40. The standard InChI is InChI=1S/C16H17N3/c1-19(2)15-8-7-12-9-11-5-3-4-6-14(11)18-16(12)13(15)10-17/h3-9H,10,17H2,1-2H3. The highest BCUT2D eigenvalue weighted by molar-refractivity contribution is 5.96. The van der Waals surface area contributed by atoms with Gasteiger partial charge in [-0.25, -0.2) is 4.98 Å². The number of benzene rings is 2. The molecule has 0 aliphatic heterocycles. The van der Waals surface area contributed by atoms with E-state index < -0.39 is 0 Å². The van der Waals surface area contributed by atoms with Crippen LogP contribution in [0.2, 0.25) is 0 Å². The van der Waals surface area contributed by atoms with Crippen LogP contribution in [0.4, 0.5) is 5.69 Å². The molecule has 1 heterocycles. The van der Waals surface area contributed by atoms with E-state index in [1.165, 1.54) is 0 Å². The molecule has 0 saturated heterocycles. The molecule has 0 unspecified atom stereocenters.